The summed E-state index contributed by atoms with van der Waals surface area (Å²) in [5.74, 6) is 0.380. The van der Waals surface area contributed by atoms with Crippen LogP contribution in [-0.4, -0.2) is 22.7 Å². The summed E-state index contributed by atoms with van der Waals surface area (Å²) in [7, 11) is 0. The Morgan fingerprint density at radius 2 is 2.03 bits per heavy atom. The van der Waals surface area contributed by atoms with Gasteiger partial charge in [-0.1, -0.05) is 36.0 Å². The number of ether oxygens (including phenoxy) is 2. The highest BCUT2D eigenvalue weighted by atomic mass is 32.2. The molecule has 0 radical (unpaired) electrons. The first kappa shape index (κ1) is 21.4. The van der Waals surface area contributed by atoms with Crippen LogP contribution in [0.5, 0.6) is 5.75 Å². The van der Waals surface area contributed by atoms with Crippen LogP contribution in [0.3, 0.4) is 0 Å². The molecule has 158 valence electrons. The van der Waals surface area contributed by atoms with Crippen molar-refractivity contribution in [3.8, 4) is 5.75 Å². The van der Waals surface area contributed by atoms with Crippen molar-refractivity contribution in [1.82, 2.24) is 4.98 Å². The van der Waals surface area contributed by atoms with E-state index in [4.69, 9.17) is 9.47 Å². The standard InChI is InChI=1S/C24H21NO4S2/c1-2-28-24(27)23-22(30-20-8-4-3-7-17(20)14-26)19-10-9-18(12-21(19)31-23)29-15-16-6-5-11-25-13-16/h3-13,26H,2,14-15H2,1H3. The molecule has 0 spiro atoms. The zero-order valence-corrected chi connectivity index (χ0v) is 18.5. The smallest absolute Gasteiger partial charge is 0.349 e. The molecular weight excluding hydrogens is 430 g/mol. The molecule has 0 aliphatic heterocycles. The lowest BCUT2D eigenvalue weighted by atomic mass is 10.2. The third kappa shape index (κ3) is 4.90. The number of carbonyl (C=O) groups excluding carboxylic acids is 1. The van der Waals surface area contributed by atoms with Crippen LogP contribution in [0.25, 0.3) is 10.1 Å². The van der Waals surface area contributed by atoms with E-state index in [2.05, 4.69) is 4.98 Å². The van der Waals surface area contributed by atoms with Gasteiger partial charge in [0.05, 0.1) is 13.2 Å². The summed E-state index contributed by atoms with van der Waals surface area (Å²) in [6.07, 6.45) is 3.50. The van der Waals surface area contributed by atoms with Crippen molar-refractivity contribution in [2.45, 2.75) is 29.9 Å². The van der Waals surface area contributed by atoms with Crippen molar-refractivity contribution < 1.29 is 19.4 Å². The predicted molar refractivity (Wildman–Crippen MR) is 123 cm³/mol. The van der Waals surface area contributed by atoms with Crippen molar-refractivity contribution in [3.05, 3.63) is 83.0 Å². The topological polar surface area (TPSA) is 68.7 Å². The third-order valence-corrected chi connectivity index (χ3v) is 7.07. The molecule has 2 aromatic carbocycles. The second kappa shape index (κ2) is 9.96. The second-order valence-electron chi connectivity index (χ2n) is 6.66. The van der Waals surface area contributed by atoms with Crippen LogP contribution in [0.15, 0.2) is 76.8 Å². The van der Waals surface area contributed by atoms with Gasteiger partial charge in [-0.25, -0.2) is 4.79 Å². The van der Waals surface area contributed by atoms with Crippen LogP contribution in [0.4, 0.5) is 0 Å². The molecule has 31 heavy (non-hydrogen) atoms. The number of carbonyl (C=O) groups is 1. The number of thiophene rings is 1. The summed E-state index contributed by atoms with van der Waals surface area (Å²) >= 11 is 2.86. The van der Waals surface area contributed by atoms with Gasteiger partial charge in [-0.3, -0.25) is 4.98 Å². The number of benzene rings is 2. The number of nitrogens with zero attached hydrogens (tertiary/aromatic N) is 1. The van der Waals surface area contributed by atoms with Crippen LogP contribution < -0.4 is 4.74 Å². The highest BCUT2D eigenvalue weighted by Gasteiger charge is 2.21. The lowest BCUT2D eigenvalue weighted by Crippen LogP contribution is -2.03. The SMILES string of the molecule is CCOC(=O)c1sc2cc(OCc3cccnc3)ccc2c1Sc1ccccc1CO. The molecule has 0 atom stereocenters. The first-order valence-corrected chi connectivity index (χ1v) is 11.4. The van der Waals surface area contributed by atoms with Crippen molar-refractivity contribution in [1.29, 1.82) is 0 Å². The fraction of sp³-hybridized carbons (Fsp3) is 0.167. The molecule has 0 bridgehead atoms. The molecule has 4 rings (SSSR count). The molecule has 0 fully saturated rings. The Balaban J connectivity index is 1.69. The van der Waals surface area contributed by atoms with Gasteiger partial charge in [0.2, 0.25) is 0 Å². The Kier molecular flexibility index (Phi) is 6.86. The molecule has 5 nitrogen and oxygen atoms in total. The number of hydrogen-bond donors (Lipinski definition) is 1. The minimum Gasteiger partial charge on any atom is -0.489 e. The average molecular weight is 452 g/mol. The van der Waals surface area contributed by atoms with Gasteiger partial charge in [0.1, 0.15) is 17.2 Å². The Labute approximate surface area is 188 Å². The molecule has 2 aromatic heterocycles. The molecule has 0 amide bonds. The number of aliphatic hydroxyl groups excluding tert-OH is 1. The van der Waals surface area contributed by atoms with Gasteiger partial charge >= 0.3 is 5.97 Å². The van der Waals surface area contributed by atoms with E-state index >= 15 is 0 Å². The van der Waals surface area contributed by atoms with Gasteiger partial charge in [0.25, 0.3) is 0 Å². The molecule has 0 saturated carbocycles. The van der Waals surface area contributed by atoms with Crippen molar-refractivity contribution in [2.75, 3.05) is 6.61 Å². The van der Waals surface area contributed by atoms with E-state index in [1.165, 1.54) is 23.1 Å². The Hall–Kier alpha value is -2.87. The normalized spacial score (nSPS) is 10.9. The fourth-order valence-electron chi connectivity index (χ4n) is 3.07. The van der Waals surface area contributed by atoms with Gasteiger partial charge in [0, 0.05) is 37.8 Å². The summed E-state index contributed by atoms with van der Waals surface area (Å²) in [6, 6.07) is 17.3. The maximum Gasteiger partial charge on any atom is 0.349 e. The number of pyridine rings is 1. The molecule has 2 heterocycles. The maximum absolute atomic E-state index is 12.7. The molecule has 0 aliphatic carbocycles. The second-order valence-corrected chi connectivity index (χ2v) is 8.76. The Morgan fingerprint density at radius 1 is 1.16 bits per heavy atom. The number of aliphatic hydroxyl groups is 1. The lowest BCUT2D eigenvalue weighted by molar-refractivity contribution is 0.0528. The van der Waals surface area contributed by atoms with E-state index in [1.807, 2.05) is 54.6 Å². The van der Waals surface area contributed by atoms with Crippen LogP contribution in [0.1, 0.15) is 27.7 Å². The van der Waals surface area contributed by atoms with Crippen LogP contribution in [-0.2, 0) is 18.0 Å². The summed E-state index contributed by atoms with van der Waals surface area (Å²) in [5.41, 5.74) is 1.80. The highest BCUT2D eigenvalue weighted by Crippen LogP contribution is 2.44. The van der Waals surface area contributed by atoms with Crippen LogP contribution in [0, 0.1) is 0 Å². The summed E-state index contributed by atoms with van der Waals surface area (Å²) in [5, 5.41) is 10.6. The Bertz CT molecular complexity index is 1190. The molecule has 4 aromatic rings. The first-order chi connectivity index (χ1) is 15.2. The molecule has 1 N–H and O–H groups in total. The zero-order chi connectivity index (χ0) is 21.6. The summed E-state index contributed by atoms with van der Waals surface area (Å²) in [4.78, 5) is 19.1. The van der Waals surface area contributed by atoms with Gasteiger partial charge in [-0.2, -0.15) is 0 Å². The molecule has 0 unspecified atom stereocenters. The van der Waals surface area contributed by atoms with Gasteiger partial charge in [-0.15, -0.1) is 11.3 Å². The number of fused-ring (bicyclic) bond motifs is 1. The number of aromatic nitrogens is 1. The first-order valence-electron chi connectivity index (χ1n) is 9.81. The molecular formula is C24H21NO4S2. The van der Waals surface area contributed by atoms with Gasteiger partial charge < -0.3 is 14.6 Å². The summed E-state index contributed by atoms with van der Waals surface area (Å²) < 4.78 is 12.2. The molecule has 0 aliphatic rings. The van der Waals surface area contributed by atoms with Gasteiger partial charge in [0.15, 0.2) is 0 Å². The summed E-state index contributed by atoms with van der Waals surface area (Å²) in [6.45, 7) is 2.46. The minimum absolute atomic E-state index is 0.0632. The van der Waals surface area contributed by atoms with E-state index in [9.17, 15) is 9.90 Å². The quantitative estimate of drug-likeness (QED) is 0.347. The lowest BCUT2D eigenvalue weighted by Gasteiger charge is -2.09. The molecule has 0 saturated heterocycles. The highest BCUT2D eigenvalue weighted by molar-refractivity contribution is 8.00. The fourth-order valence-corrected chi connectivity index (χ4v) is 5.50. The van der Waals surface area contributed by atoms with Crippen molar-refractivity contribution >= 4 is 39.2 Å². The zero-order valence-electron chi connectivity index (χ0n) is 16.9. The minimum atomic E-state index is -0.342. The van der Waals surface area contributed by atoms with Crippen molar-refractivity contribution in [2.24, 2.45) is 0 Å². The van der Waals surface area contributed by atoms with E-state index < -0.39 is 0 Å². The van der Waals surface area contributed by atoms with Gasteiger partial charge in [-0.05, 0) is 42.8 Å². The van der Waals surface area contributed by atoms with E-state index in [1.54, 1.807) is 19.3 Å². The number of rotatable bonds is 8. The van der Waals surface area contributed by atoms with Crippen LogP contribution >= 0.6 is 23.1 Å². The monoisotopic (exact) mass is 451 g/mol. The molecule has 7 heteroatoms. The van der Waals surface area contributed by atoms with E-state index in [0.29, 0.717) is 18.1 Å². The number of esters is 1. The largest absolute Gasteiger partial charge is 0.489 e. The van der Waals surface area contributed by atoms with E-state index in [0.717, 1.165) is 36.8 Å². The predicted octanol–water partition coefficient (Wildman–Crippen LogP) is 5.70. The average Bonchev–Trinajstić information content (AvgIpc) is 3.16. The Morgan fingerprint density at radius 3 is 2.81 bits per heavy atom. The van der Waals surface area contributed by atoms with E-state index in [-0.39, 0.29) is 12.6 Å². The maximum atomic E-state index is 12.7. The number of hydrogen-bond acceptors (Lipinski definition) is 7. The van der Waals surface area contributed by atoms with Crippen molar-refractivity contribution in [3.63, 3.8) is 0 Å². The van der Waals surface area contributed by atoms with Crippen LogP contribution in [0.2, 0.25) is 0 Å². The third-order valence-electron chi connectivity index (χ3n) is 4.56.